The maximum absolute atomic E-state index is 15.3. The van der Waals surface area contributed by atoms with Crippen LogP contribution in [0.15, 0.2) is 23.0 Å². The second kappa shape index (κ2) is 9.49. The normalized spacial score (nSPS) is 51.0. The maximum Gasteiger partial charge on any atom is 0.303 e. The van der Waals surface area contributed by atoms with Crippen LogP contribution in [0.4, 0.5) is 0 Å². The van der Waals surface area contributed by atoms with E-state index in [-0.39, 0.29) is 37.3 Å². The molecule has 2 saturated heterocycles. The Balaban J connectivity index is 1.44. The molecule has 1 spiro atoms. The first-order valence-corrected chi connectivity index (χ1v) is 16.1. The molecule has 45 heavy (non-hydrogen) atoms. The summed E-state index contributed by atoms with van der Waals surface area (Å²) in [6.07, 6.45) is -1.94. The molecule has 6 fully saturated rings. The number of rotatable bonds is 5. The summed E-state index contributed by atoms with van der Waals surface area (Å²) in [5, 5.41) is 24.7. The maximum atomic E-state index is 15.3. The van der Waals surface area contributed by atoms with E-state index in [2.05, 4.69) is 0 Å². The number of hydrogen-bond acceptors (Lipinski definition) is 11. The number of ether oxygens (including phenoxy) is 4. The Bertz CT molecular complexity index is 1450. The predicted octanol–water partition coefficient (Wildman–Crippen LogP) is 2.74. The summed E-state index contributed by atoms with van der Waals surface area (Å²) in [5.41, 5.74) is -4.96. The van der Waals surface area contributed by atoms with Gasteiger partial charge >= 0.3 is 11.9 Å². The van der Waals surface area contributed by atoms with Crippen LogP contribution in [-0.4, -0.2) is 82.5 Å². The van der Waals surface area contributed by atoms with E-state index in [9.17, 15) is 24.6 Å². The van der Waals surface area contributed by atoms with Gasteiger partial charge in [0.05, 0.1) is 42.9 Å². The van der Waals surface area contributed by atoms with E-state index in [0.717, 1.165) is 5.56 Å². The van der Waals surface area contributed by atoms with Crippen molar-refractivity contribution in [1.82, 2.24) is 0 Å². The van der Waals surface area contributed by atoms with E-state index in [1.54, 1.807) is 26.4 Å². The molecule has 14 unspecified atom stereocenters. The van der Waals surface area contributed by atoms with Gasteiger partial charge in [-0.05, 0) is 30.4 Å². The Hall–Kier alpha value is -2.60. The number of aliphatic hydroxyl groups excluding tert-OH is 2. The molecule has 4 saturated carbocycles. The van der Waals surface area contributed by atoms with Crippen molar-refractivity contribution in [2.45, 2.75) is 116 Å². The molecule has 7 rings (SSSR count). The molecule has 14 atom stereocenters. The molecule has 6 aliphatic rings. The Kier molecular flexibility index (Phi) is 6.54. The van der Waals surface area contributed by atoms with Gasteiger partial charge in [0.25, 0.3) is 0 Å². The third-order valence-electron chi connectivity index (χ3n) is 13.5. The van der Waals surface area contributed by atoms with E-state index in [1.807, 2.05) is 26.8 Å². The van der Waals surface area contributed by atoms with Gasteiger partial charge in [-0.2, -0.15) is 0 Å². The fourth-order valence-corrected chi connectivity index (χ4v) is 11.7. The molecule has 3 heterocycles. The van der Waals surface area contributed by atoms with Gasteiger partial charge in [-0.1, -0.05) is 34.6 Å². The largest absolute Gasteiger partial charge is 0.472 e. The number of carbonyl (C=O) groups is 4. The average Bonchev–Trinajstić information content (AvgIpc) is 3.32. The average molecular weight is 629 g/mol. The third kappa shape index (κ3) is 3.40. The minimum atomic E-state index is -1.29. The summed E-state index contributed by atoms with van der Waals surface area (Å²) in [4.78, 5) is 54.0. The van der Waals surface area contributed by atoms with Crippen molar-refractivity contribution < 1.29 is 52.8 Å². The quantitative estimate of drug-likeness (QED) is 0.364. The van der Waals surface area contributed by atoms with Crippen LogP contribution in [0.5, 0.6) is 0 Å². The number of epoxide rings is 1. The van der Waals surface area contributed by atoms with E-state index < -0.39 is 93.3 Å². The van der Waals surface area contributed by atoms with Gasteiger partial charge < -0.3 is 33.6 Å². The lowest BCUT2D eigenvalue weighted by Crippen LogP contribution is -2.82. The lowest BCUT2D eigenvalue weighted by Gasteiger charge is -2.73. The number of ketones is 2. The van der Waals surface area contributed by atoms with Gasteiger partial charge in [0.1, 0.15) is 17.8 Å². The SMILES string of the molecule is CC(=O)OC1CC(O)C23COC(C(=O)C(C)C)C1(C)C2CC(O)C1(C)C3C(=O)C(OC(C)=O)C2(C)C(c3ccoc3)CC3OC321. The zero-order valence-corrected chi connectivity index (χ0v) is 26.9. The Labute approximate surface area is 262 Å². The van der Waals surface area contributed by atoms with Crippen molar-refractivity contribution in [1.29, 1.82) is 0 Å². The summed E-state index contributed by atoms with van der Waals surface area (Å²) in [5.74, 6) is -4.15. The van der Waals surface area contributed by atoms with E-state index >= 15 is 4.79 Å². The molecule has 1 aromatic rings. The van der Waals surface area contributed by atoms with Crippen LogP contribution in [0.1, 0.15) is 79.2 Å². The minimum Gasteiger partial charge on any atom is -0.472 e. The van der Waals surface area contributed by atoms with Gasteiger partial charge in [-0.3, -0.25) is 19.2 Å². The van der Waals surface area contributed by atoms with Crippen LogP contribution < -0.4 is 0 Å². The summed E-state index contributed by atoms with van der Waals surface area (Å²) >= 11 is 0. The van der Waals surface area contributed by atoms with E-state index in [1.165, 1.54) is 13.8 Å². The highest BCUT2D eigenvalue weighted by molar-refractivity contribution is 5.93. The van der Waals surface area contributed by atoms with Crippen LogP contribution in [0.25, 0.3) is 0 Å². The number of fused-ring (bicyclic) bond motifs is 1. The first-order chi connectivity index (χ1) is 21.0. The molecule has 2 bridgehead atoms. The second-order valence-electron chi connectivity index (χ2n) is 15.5. The molecular weight excluding hydrogens is 584 g/mol. The van der Waals surface area contributed by atoms with Crippen LogP contribution in [0.3, 0.4) is 0 Å². The topological polar surface area (TPSA) is 162 Å². The number of aliphatic hydroxyl groups is 2. The number of esters is 2. The summed E-state index contributed by atoms with van der Waals surface area (Å²) in [6.45, 7) is 11.6. The lowest BCUT2D eigenvalue weighted by molar-refractivity contribution is -0.339. The molecule has 2 N–H and O–H groups in total. The monoisotopic (exact) mass is 628 g/mol. The summed E-state index contributed by atoms with van der Waals surface area (Å²) < 4.78 is 30.3. The molecule has 246 valence electrons. The predicted molar refractivity (Wildman–Crippen MR) is 154 cm³/mol. The number of hydrogen-bond donors (Lipinski definition) is 2. The molecule has 11 heteroatoms. The highest BCUT2D eigenvalue weighted by Gasteiger charge is 2.92. The van der Waals surface area contributed by atoms with Crippen molar-refractivity contribution >= 4 is 23.5 Å². The lowest BCUT2D eigenvalue weighted by atomic mass is 9.32. The zero-order chi connectivity index (χ0) is 32.6. The standard InChI is InChI=1S/C34H44O11/c1-15(2)25(39)28-30(5)20-11-21(37)32(7)27(33(20,14-42-28)22(38)12-23(30)43-16(3)35)26(40)29(44-17(4)36)31(6)19(18-8-9-41-13-18)10-24-34(31,32)45-24/h8-9,13,15,19-24,27-29,37-38H,10-12,14H2,1-7H3. The van der Waals surface area contributed by atoms with Gasteiger partial charge in [0, 0.05) is 54.3 Å². The van der Waals surface area contributed by atoms with Crippen LogP contribution in [-0.2, 0) is 38.1 Å². The number of Topliss-reactive ketones (excluding diaryl/α,β-unsaturated/α-hetero) is 2. The fraction of sp³-hybridized carbons (Fsp3) is 0.765. The van der Waals surface area contributed by atoms with Crippen molar-refractivity contribution in [2.24, 2.45) is 39.4 Å². The molecule has 0 radical (unpaired) electrons. The Morgan fingerprint density at radius 1 is 0.978 bits per heavy atom. The highest BCUT2D eigenvalue weighted by Crippen LogP contribution is 2.83. The van der Waals surface area contributed by atoms with Crippen LogP contribution in [0.2, 0.25) is 0 Å². The number of carbonyl (C=O) groups excluding carboxylic acids is 4. The van der Waals surface area contributed by atoms with Crippen molar-refractivity contribution in [3.63, 3.8) is 0 Å². The molecule has 2 aliphatic heterocycles. The van der Waals surface area contributed by atoms with E-state index in [4.69, 9.17) is 23.4 Å². The Morgan fingerprint density at radius 3 is 2.27 bits per heavy atom. The van der Waals surface area contributed by atoms with Gasteiger partial charge in [0.15, 0.2) is 17.7 Å². The van der Waals surface area contributed by atoms with Crippen molar-refractivity contribution in [2.75, 3.05) is 6.61 Å². The highest BCUT2D eigenvalue weighted by atomic mass is 16.6. The summed E-state index contributed by atoms with van der Waals surface area (Å²) in [6, 6.07) is 1.84. The first kappa shape index (κ1) is 31.0. The Morgan fingerprint density at radius 2 is 1.67 bits per heavy atom. The fourth-order valence-electron chi connectivity index (χ4n) is 11.7. The smallest absolute Gasteiger partial charge is 0.303 e. The molecular formula is C34H44O11. The first-order valence-electron chi connectivity index (χ1n) is 16.1. The second-order valence-corrected chi connectivity index (χ2v) is 15.5. The molecule has 11 nitrogen and oxygen atoms in total. The van der Waals surface area contributed by atoms with Crippen molar-refractivity contribution in [3.05, 3.63) is 24.2 Å². The molecule has 0 amide bonds. The molecule has 0 aromatic carbocycles. The van der Waals surface area contributed by atoms with Crippen molar-refractivity contribution in [3.8, 4) is 0 Å². The van der Waals surface area contributed by atoms with E-state index in [0.29, 0.717) is 6.42 Å². The van der Waals surface area contributed by atoms with Gasteiger partial charge in [-0.15, -0.1) is 0 Å². The van der Waals surface area contributed by atoms with Crippen LogP contribution in [0, 0.1) is 39.4 Å². The summed E-state index contributed by atoms with van der Waals surface area (Å²) in [7, 11) is 0. The minimum absolute atomic E-state index is 0.0157. The van der Waals surface area contributed by atoms with Gasteiger partial charge in [-0.25, -0.2) is 0 Å². The number of furan rings is 1. The van der Waals surface area contributed by atoms with Crippen LogP contribution >= 0.6 is 0 Å². The third-order valence-corrected chi connectivity index (χ3v) is 13.5. The zero-order valence-electron chi connectivity index (χ0n) is 26.9. The molecule has 4 aliphatic carbocycles. The van der Waals surface area contributed by atoms with Gasteiger partial charge in [0.2, 0.25) is 0 Å². The molecule has 1 aromatic heterocycles.